The van der Waals surface area contributed by atoms with Gasteiger partial charge >= 0.3 is 0 Å². The van der Waals surface area contributed by atoms with Crippen LogP contribution in [0.25, 0.3) is 0 Å². The van der Waals surface area contributed by atoms with Crippen LogP contribution in [0.4, 0.5) is 0 Å². The van der Waals surface area contributed by atoms with Crippen molar-refractivity contribution in [1.29, 1.82) is 0 Å². The van der Waals surface area contributed by atoms with Crippen molar-refractivity contribution in [2.75, 3.05) is 6.54 Å². The van der Waals surface area contributed by atoms with Crippen LogP contribution >= 0.6 is 0 Å². The van der Waals surface area contributed by atoms with E-state index in [4.69, 9.17) is 0 Å². The average Bonchev–Trinajstić information content (AvgIpc) is 2.28. The largest absolute Gasteiger partial charge is 0.234 e. The van der Waals surface area contributed by atoms with Gasteiger partial charge < -0.3 is 0 Å². The van der Waals surface area contributed by atoms with Crippen molar-refractivity contribution >= 4 is 6.08 Å². The molecule has 1 unspecified atom stereocenters. The Bertz CT molecular complexity index is 419. The summed E-state index contributed by atoms with van der Waals surface area (Å²) in [6.45, 7) is 11.5. The molecule has 1 aromatic carbocycles. The second-order valence-corrected chi connectivity index (χ2v) is 6.15. The fourth-order valence-corrected chi connectivity index (χ4v) is 2.07. The van der Waals surface area contributed by atoms with Gasteiger partial charge in [-0.05, 0) is 22.5 Å². The Labute approximate surface area is 110 Å². The molecule has 2 nitrogen and oxygen atoms in total. The van der Waals surface area contributed by atoms with Gasteiger partial charge in [0, 0.05) is 5.92 Å². The third kappa shape index (κ3) is 3.82. The molecule has 0 fully saturated rings. The minimum atomic E-state index is 0.173. The van der Waals surface area contributed by atoms with E-state index in [0.717, 1.165) is 0 Å². The van der Waals surface area contributed by atoms with Crippen LogP contribution in [-0.2, 0) is 10.2 Å². The van der Waals surface area contributed by atoms with Gasteiger partial charge in [0.15, 0.2) is 0 Å². The van der Waals surface area contributed by atoms with Gasteiger partial charge in [-0.15, -0.1) is 0 Å². The van der Waals surface area contributed by atoms with Gasteiger partial charge in [0.2, 0.25) is 6.08 Å². The lowest BCUT2D eigenvalue weighted by Crippen LogP contribution is -2.13. The van der Waals surface area contributed by atoms with Gasteiger partial charge in [-0.2, -0.15) is 0 Å². The number of aliphatic imine (C=N–C) groups is 1. The molecule has 0 amide bonds. The Morgan fingerprint density at radius 2 is 1.72 bits per heavy atom. The second-order valence-electron chi connectivity index (χ2n) is 6.15. The summed E-state index contributed by atoms with van der Waals surface area (Å²) in [5, 5.41) is 0. The summed E-state index contributed by atoms with van der Waals surface area (Å²) in [7, 11) is 0. The SMILES string of the molecule is CC(C)C(CN=C=O)c1ccc(C(C)(C)C)cc1. The van der Waals surface area contributed by atoms with Gasteiger partial charge in [0.1, 0.15) is 0 Å². The minimum Gasteiger partial charge on any atom is -0.211 e. The Hall–Kier alpha value is -1.40. The van der Waals surface area contributed by atoms with Crippen molar-refractivity contribution < 1.29 is 4.79 Å². The fourth-order valence-electron chi connectivity index (χ4n) is 2.07. The molecule has 0 aliphatic rings. The molecule has 0 radical (unpaired) electrons. The molecular formula is C16H23NO. The molecule has 1 aromatic rings. The molecule has 1 rings (SSSR count). The van der Waals surface area contributed by atoms with Crippen molar-refractivity contribution in [2.24, 2.45) is 10.9 Å². The first-order chi connectivity index (χ1) is 8.36. The molecule has 98 valence electrons. The summed E-state index contributed by atoms with van der Waals surface area (Å²) < 4.78 is 0. The van der Waals surface area contributed by atoms with Crippen molar-refractivity contribution in [2.45, 2.75) is 46.0 Å². The van der Waals surface area contributed by atoms with E-state index < -0.39 is 0 Å². The van der Waals surface area contributed by atoms with E-state index in [2.05, 4.69) is 63.9 Å². The highest BCUT2D eigenvalue weighted by Crippen LogP contribution is 2.28. The second kappa shape index (κ2) is 5.97. The first kappa shape index (κ1) is 14.7. The average molecular weight is 245 g/mol. The van der Waals surface area contributed by atoms with Crippen molar-refractivity contribution in [3.63, 3.8) is 0 Å². The molecule has 18 heavy (non-hydrogen) atoms. The van der Waals surface area contributed by atoms with E-state index in [1.165, 1.54) is 11.1 Å². The highest BCUT2D eigenvalue weighted by Gasteiger charge is 2.17. The first-order valence-corrected chi connectivity index (χ1v) is 6.50. The molecule has 0 saturated carbocycles. The summed E-state index contributed by atoms with van der Waals surface area (Å²) in [5.41, 5.74) is 2.75. The van der Waals surface area contributed by atoms with Crippen LogP contribution in [0, 0.1) is 5.92 Å². The lowest BCUT2D eigenvalue weighted by Gasteiger charge is -2.22. The minimum absolute atomic E-state index is 0.173. The monoisotopic (exact) mass is 245 g/mol. The predicted molar refractivity (Wildman–Crippen MR) is 75.7 cm³/mol. The number of nitrogens with zero attached hydrogens (tertiary/aromatic N) is 1. The first-order valence-electron chi connectivity index (χ1n) is 6.50. The summed E-state index contributed by atoms with van der Waals surface area (Å²) in [4.78, 5) is 14.0. The van der Waals surface area contributed by atoms with E-state index >= 15 is 0 Å². The standard InChI is InChI=1S/C16H23NO/c1-12(2)15(10-17-11-18)13-6-8-14(9-7-13)16(3,4)5/h6-9,12,15H,10H2,1-5H3. The normalized spacial score (nSPS) is 13.2. The van der Waals surface area contributed by atoms with E-state index in [0.29, 0.717) is 18.4 Å². The van der Waals surface area contributed by atoms with Gasteiger partial charge in [-0.1, -0.05) is 58.9 Å². The molecular weight excluding hydrogens is 222 g/mol. The van der Waals surface area contributed by atoms with Crippen LogP contribution in [-0.4, -0.2) is 12.6 Å². The molecule has 0 heterocycles. The summed E-state index contributed by atoms with van der Waals surface area (Å²) in [6, 6.07) is 8.67. The highest BCUT2D eigenvalue weighted by molar-refractivity contribution is 5.34. The Morgan fingerprint density at radius 3 is 2.11 bits per heavy atom. The van der Waals surface area contributed by atoms with E-state index in [9.17, 15) is 4.79 Å². The predicted octanol–water partition coefficient (Wildman–Crippen LogP) is 4.06. The Morgan fingerprint density at radius 1 is 1.17 bits per heavy atom. The summed E-state index contributed by atoms with van der Waals surface area (Å²) in [6.07, 6.45) is 1.63. The van der Waals surface area contributed by atoms with E-state index in [1.54, 1.807) is 6.08 Å². The quantitative estimate of drug-likeness (QED) is 0.581. The van der Waals surface area contributed by atoms with Gasteiger partial charge in [0.05, 0.1) is 6.54 Å². The maximum atomic E-state index is 10.3. The smallest absolute Gasteiger partial charge is 0.211 e. The van der Waals surface area contributed by atoms with Gasteiger partial charge in [0.25, 0.3) is 0 Å². The third-order valence-corrected chi connectivity index (χ3v) is 3.36. The van der Waals surface area contributed by atoms with E-state index in [-0.39, 0.29) is 5.41 Å². The summed E-state index contributed by atoms with van der Waals surface area (Å²) >= 11 is 0. The highest BCUT2D eigenvalue weighted by atomic mass is 16.1. The number of isocyanates is 1. The van der Waals surface area contributed by atoms with Crippen LogP contribution in [0.15, 0.2) is 29.3 Å². The topological polar surface area (TPSA) is 29.4 Å². The molecule has 0 saturated heterocycles. The van der Waals surface area contributed by atoms with Crippen LogP contribution in [0.1, 0.15) is 51.7 Å². The van der Waals surface area contributed by atoms with Crippen molar-refractivity contribution in [1.82, 2.24) is 0 Å². The third-order valence-electron chi connectivity index (χ3n) is 3.36. The molecule has 2 heteroatoms. The molecule has 0 aromatic heterocycles. The van der Waals surface area contributed by atoms with Gasteiger partial charge in [-0.25, -0.2) is 9.79 Å². The van der Waals surface area contributed by atoms with Crippen LogP contribution in [0.2, 0.25) is 0 Å². The fraction of sp³-hybridized carbons (Fsp3) is 0.562. The lowest BCUT2D eigenvalue weighted by atomic mass is 9.83. The molecule has 0 bridgehead atoms. The van der Waals surface area contributed by atoms with Crippen LogP contribution in [0.5, 0.6) is 0 Å². The summed E-state index contributed by atoms with van der Waals surface area (Å²) in [5.74, 6) is 0.753. The van der Waals surface area contributed by atoms with Crippen molar-refractivity contribution in [3.05, 3.63) is 35.4 Å². The zero-order chi connectivity index (χ0) is 13.8. The Balaban J connectivity index is 2.97. The van der Waals surface area contributed by atoms with E-state index in [1.807, 2.05) is 0 Å². The van der Waals surface area contributed by atoms with Crippen molar-refractivity contribution in [3.8, 4) is 0 Å². The number of hydrogen-bond acceptors (Lipinski definition) is 2. The maximum Gasteiger partial charge on any atom is 0.234 e. The van der Waals surface area contributed by atoms with Crippen LogP contribution < -0.4 is 0 Å². The molecule has 0 aliphatic heterocycles. The number of carbonyl (C=O) groups excluding carboxylic acids is 1. The number of rotatable bonds is 4. The number of hydrogen-bond donors (Lipinski definition) is 0. The maximum absolute atomic E-state index is 10.3. The van der Waals surface area contributed by atoms with Gasteiger partial charge in [-0.3, -0.25) is 0 Å². The lowest BCUT2D eigenvalue weighted by molar-refractivity contribution is 0.501. The number of benzene rings is 1. The molecule has 0 spiro atoms. The molecule has 0 aliphatic carbocycles. The zero-order valence-electron chi connectivity index (χ0n) is 12.0. The molecule has 0 N–H and O–H groups in total. The molecule has 1 atom stereocenters. The van der Waals surface area contributed by atoms with Crippen LogP contribution in [0.3, 0.4) is 0 Å². The zero-order valence-corrected chi connectivity index (χ0v) is 12.0. The Kier molecular flexibility index (Phi) is 4.86.